The summed E-state index contributed by atoms with van der Waals surface area (Å²) >= 11 is 0. The maximum Gasteiger partial charge on any atom is 0.207 e. The van der Waals surface area contributed by atoms with Crippen molar-refractivity contribution in [3.8, 4) is 0 Å². The summed E-state index contributed by atoms with van der Waals surface area (Å²) < 4.78 is 7.22. The highest BCUT2D eigenvalue weighted by Gasteiger charge is 2.05. The first-order chi connectivity index (χ1) is 10.2. The number of unbranched alkanes of at least 4 members (excludes halogenated alkanes) is 1. The van der Waals surface area contributed by atoms with E-state index in [1.807, 2.05) is 13.1 Å². The lowest BCUT2D eigenvalue weighted by Crippen LogP contribution is -2.07. The molecule has 1 N–H and O–H groups in total. The van der Waals surface area contributed by atoms with Crippen molar-refractivity contribution >= 4 is 11.6 Å². The minimum atomic E-state index is 0.681. The molecule has 4 heteroatoms. The summed E-state index contributed by atoms with van der Waals surface area (Å²) in [6, 6.07) is 8.62. The van der Waals surface area contributed by atoms with Crippen molar-refractivity contribution in [1.29, 1.82) is 0 Å². The molecule has 0 spiro atoms. The SMILES string of the molecule is CCCCc1ccc(Nc2nc(C)cn2CCOC)cc1. The van der Waals surface area contributed by atoms with E-state index in [0.717, 1.165) is 30.3 Å². The van der Waals surface area contributed by atoms with Crippen LogP contribution >= 0.6 is 0 Å². The zero-order valence-corrected chi connectivity index (χ0v) is 13.2. The Hall–Kier alpha value is -1.81. The largest absolute Gasteiger partial charge is 0.383 e. The monoisotopic (exact) mass is 287 g/mol. The molecule has 0 bridgehead atoms. The highest BCUT2D eigenvalue weighted by Crippen LogP contribution is 2.18. The van der Waals surface area contributed by atoms with Crippen LogP contribution in [0.3, 0.4) is 0 Å². The standard InChI is InChI=1S/C17H25N3O/c1-4-5-6-15-7-9-16(10-8-15)19-17-18-14(2)13-20(17)11-12-21-3/h7-10,13H,4-6,11-12H2,1-3H3,(H,18,19). The van der Waals surface area contributed by atoms with E-state index in [4.69, 9.17) is 4.74 Å². The van der Waals surface area contributed by atoms with Crippen LogP contribution in [0.5, 0.6) is 0 Å². The van der Waals surface area contributed by atoms with Crippen LogP contribution < -0.4 is 5.32 Å². The van der Waals surface area contributed by atoms with Crippen molar-refractivity contribution in [2.75, 3.05) is 19.0 Å². The van der Waals surface area contributed by atoms with Gasteiger partial charge in [0.25, 0.3) is 0 Å². The van der Waals surface area contributed by atoms with Crippen molar-refractivity contribution < 1.29 is 4.74 Å². The minimum Gasteiger partial charge on any atom is -0.383 e. The van der Waals surface area contributed by atoms with Gasteiger partial charge in [0.05, 0.1) is 12.3 Å². The van der Waals surface area contributed by atoms with E-state index < -0.39 is 0 Å². The van der Waals surface area contributed by atoms with Gasteiger partial charge in [-0.1, -0.05) is 25.5 Å². The quantitative estimate of drug-likeness (QED) is 0.799. The van der Waals surface area contributed by atoms with Gasteiger partial charge in [-0.25, -0.2) is 4.98 Å². The maximum atomic E-state index is 5.14. The molecule has 0 fully saturated rings. The lowest BCUT2D eigenvalue weighted by atomic mass is 10.1. The molecule has 1 aromatic heterocycles. The third-order valence-electron chi connectivity index (χ3n) is 3.46. The summed E-state index contributed by atoms with van der Waals surface area (Å²) in [6.45, 7) is 5.70. The molecule has 1 aromatic carbocycles. The number of nitrogens with zero attached hydrogens (tertiary/aromatic N) is 2. The predicted molar refractivity (Wildman–Crippen MR) is 87.2 cm³/mol. The number of rotatable bonds is 8. The summed E-state index contributed by atoms with van der Waals surface area (Å²) in [4.78, 5) is 4.53. The molecule has 2 aromatic rings. The van der Waals surface area contributed by atoms with Crippen LogP contribution in [0.2, 0.25) is 0 Å². The smallest absolute Gasteiger partial charge is 0.207 e. The van der Waals surface area contributed by atoms with Gasteiger partial charge in [-0.3, -0.25) is 0 Å². The molecule has 1 heterocycles. The van der Waals surface area contributed by atoms with Crippen molar-refractivity contribution in [2.45, 2.75) is 39.7 Å². The molecule has 0 saturated heterocycles. The summed E-state index contributed by atoms with van der Waals surface area (Å²) in [6.07, 6.45) is 5.67. The summed E-state index contributed by atoms with van der Waals surface area (Å²) in [7, 11) is 1.71. The fraction of sp³-hybridized carbons (Fsp3) is 0.471. The third kappa shape index (κ3) is 4.60. The normalized spacial score (nSPS) is 10.8. The van der Waals surface area contributed by atoms with E-state index >= 15 is 0 Å². The number of aryl methyl sites for hydroxylation is 2. The molecule has 21 heavy (non-hydrogen) atoms. The summed E-state index contributed by atoms with van der Waals surface area (Å²) in [5.74, 6) is 0.867. The Morgan fingerprint density at radius 2 is 2.00 bits per heavy atom. The van der Waals surface area contributed by atoms with E-state index in [1.165, 1.54) is 18.4 Å². The van der Waals surface area contributed by atoms with Gasteiger partial charge in [-0.15, -0.1) is 0 Å². The average molecular weight is 287 g/mol. The zero-order valence-electron chi connectivity index (χ0n) is 13.2. The molecular formula is C17H25N3O. The number of anilines is 2. The average Bonchev–Trinajstić information content (AvgIpc) is 2.84. The van der Waals surface area contributed by atoms with E-state index in [0.29, 0.717) is 6.61 Å². The minimum absolute atomic E-state index is 0.681. The molecule has 0 amide bonds. The molecule has 4 nitrogen and oxygen atoms in total. The summed E-state index contributed by atoms with van der Waals surface area (Å²) in [5, 5.41) is 3.38. The third-order valence-corrected chi connectivity index (χ3v) is 3.46. The molecule has 0 aliphatic rings. The lowest BCUT2D eigenvalue weighted by molar-refractivity contribution is 0.188. The van der Waals surface area contributed by atoms with E-state index in [1.54, 1.807) is 7.11 Å². The van der Waals surface area contributed by atoms with Gasteiger partial charge in [0.15, 0.2) is 0 Å². The fourth-order valence-electron chi connectivity index (χ4n) is 2.27. The zero-order chi connectivity index (χ0) is 15.1. The van der Waals surface area contributed by atoms with Crippen LogP contribution in [-0.4, -0.2) is 23.3 Å². The van der Waals surface area contributed by atoms with Gasteiger partial charge in [-0.05, 0) is 37.5 Å². The van der Waals surface area contributed by atoms with Crippen molar-refractivity contribution in [2.24, 2.45) is 0 Å². The van der Waals surface area contributed by atoms with Crippen molar-refractivity contribution in [3.05, 3.63) is 41.7 Å². The molecule has 0 saturated carbocycles. The van der Waals surface area contributed by atoms with Crippen molar-refractivity contribution in [3.63, 3.8) is 0 Å². The number of hydrogen-bond donors (Lipinski definition) is 1. The Morgan fingerprint density at radius 3 is 2.67 bits per heavy atom. The number of benzene rings is 1. The predicted octanol–water partition coefficient (Wildman–Crippen LogP) is 3.92. The van der Waals surface area contributed by atoms with Crippen LogP contribution in [0.1, 0.15) is 31.0 Å². The maximum absolute atomic E-state index is 5.14. The molecule has 0 aliphatic carbocycles. The first-order valence-electron chi connectivity index (χ1n) is 7.61. The van der Waals surface area contributed by atoms with Crippen LogP contribution in [0.15, 0.2) is 30.5 Å². The highest BCUT2D eigenvalue weighted by molar-refractivity contribution is 5.54. The molecule has 2 rings (SSSR count). The molecule has 0 unspecified atom stereocenters. The number of methoxy groups -OCH3 is 1. The molecule has 0 radical (unpaired) electrons. The van der Waals surface area contributed by atoms with Gasteiger partial charge >= 0.3 is 0 Å². The fourth-order valence-corrected chi connectivity index (χ4v) is 2.27. The van der Waals surface area contributed by atoms with Crippen LogP contribution in [0.25, 0.3) is 0 Å². The van der Waals surface area contributed by atoms with Gasteiger partial charge < -0.3 is 14.6 Å². The number of aromatic nitrogens is 2. The topological polar surface area (TPSA) is 39.1 Å². The molecular weight excluding hydrogens is 262 g/mol. The number of hydrogen-bond acceptors (Lipinski definition) is 3. The highest BCUT2D eigenvalue weighted by atomic mass is 16.5. The van der Waals surface area contributed by atoms with E-state index in [9.17, 15) is 0 Å². The van der Waals surface area contributed by atoms with Crippen LogP contribution in [0, 0.1) is 6.92 Å². The van der Waals surface area contributed by atoms with E-state index in [2.05, 4.69) is 46.1 Å². The van der Waals surface area contributed by atoms with Gasteiger partial charge in [-0.2, -0.15) is 0 Å². The molecule has 0 atom stereocenters. The second kappa shape index (κ2) is 7.84. The van der Waals surface area contributed by atoms with Crippen LogP contribution in [0.4, 0.5) is 11.6 Å². The Bertz CT molecular complexity index is 546. The Morgan fingerprint density at radius 1 is 1.24 bits per heavy atom. The van der Waals surface area contributed by atoms with E-state index in [-0.39, 0.29) is 0 Å². The molecule has 0 aliphatic heterocycles. The second-order valence-electron chi connectivity index (χ2n) is 5.32. The lowest BCUT2D eigenvalue weighted by Gasteiger charge is -2.10. The Balaban J connectivity index is 2.03. The van der Waals surface area contributed by atoms with Gasteiger partial charge in [0.2, 0.25) is 5.95 Å². The number of ether oxygens (including phenoxy) is 1. The Labute approximate surface area is 127 Å². The second-order valence-corrected chi connectivity index (χ2v) is 5.32. The Kier molecular flexibility index (Phi) is 5.81. The van der Waals surface area contributed by atoms with Crippen LogP contribution in [-0.2, 0) is 17.7 Å². The van der Waals surface area contributed by atoms with Crippen molar-refractivity contribution in [1.82, 2.24) is 9.55 Å². The first kappa shape index (κ1) is 15.6. The first-order valence-corrected chi connectivity index (χ1v) is 7.61. The summed E-state index contributed by atoms with van der Waals surface area (Å²) in [5.41, 5.74) is 3.47. The number of nitrogens with one attached hydrogen (secondary N) is 1. The molecule has 114 valence electrons. The van der Waals surface area contributed by atoms with Gasteiger partial charge in [0.1, 0.15) is 0 Å². The number of imidazole rings is 1. The van der Waals surface area contributed by atoms with Gasteiger partial charge in [0, 0.05) is 25.5 Å².